The molecule has 5 atom stereocenters. The summed E-state index contributed by atoms with van der Waals surface area (Å²) in [7, 11) is 0. The molecule has 5 rings (SSSR count). The van der Waals surface area contributed by atoms with E-state index in [9.17, 15) is 14.7 Å². The highest BCUT2D eigenvalue weighted by molar-refractivity contribution is 5.92. The summed E-state index contributed by atoms with van der Waals surface area (Å²) >= 11 is 0. The minimum atomic E-state index is -0.879. The van der Waals surface area contributed by atoms with Crippen LogP contribution in [0.15, 0.2) is 96.6 Å². The summed E-state index contributed by atoms with van der Waals surface area (Å²) in [5.74, 6) is -2.46. The number of ether oxygens (including phenoxy) is 1. The van der Waals surface area contributed by atoms with Crippen LogP contribution in [0.5, 0.6) is 5.75 Å². The number of benzene rings is 3. The predicted molar refractivity (Wildman–Crippen MR) is 128 cm³/mol. The minimum Gasteiger partial charge on any atom is -0.481 e. The Labute approximate surface area is 193 Å². The molecule has 2 aliphatic carbocycles. The van der Waals surface area contributed by atoms with Crippen molar-refractivity contribution in [1.29, 1.82) is 0 Å². The highest BCUT2D eigenvalue weighted by atomic mass is 16.5. The zero-order chi connectivity index (χ0) is 22.9. The van der Waals surface area contributed by atoms with Crippen LogP contribution in [0.1, 0.15) is 24.8 Å². The fourth-order valence-electron chi connectivity index (χ4n) is 5.31. The Morgan fingerprint density at radius 3 is 2.33 bits per heavy atom. The van der Waals surface area contributed by atoms with Crippen LogP contribution >= 0.6 is 0 Å². The van der Waals surface area contributed by atoms with Crippen LogP contribution in [0, 0.1) is 23.7 Å². The largest absolute Gasteiger partial charge is 0.481 e. The van der Waals surface area contributed by atoms with Crippen molar-refractivity contribution < 1.29 is 19.4 Å². The van der Waals surface area contributed by atoms with Crippen molar-refractivity contribution in [2.45, 2.75) is 19.3 Å². The normalized spacial score (nSPS) is 26.3. The van der Waals surface area contributed by atoms with Gasteiger partial charge in [0.2, 0.25) is 0 Å². The third kappa shape index (κ3) is 3.86. The van der Waals surface area contributed by atoms with E-state index in [1.165, 1.54) is 0 Å². The van der Waals surface area contributed by atoms with Crippen molar-refractivity contribution >= 4 is 22.7 Å². The van der Waals surface area contributed by atoms with E-state index in [0.29, 0.717) is 11.7 Å². The first-order valence-electron chi connectivity index (χ1n) is 11.4. The van der Waals surface area contributed by atoms with Crippen LogP contribution < -0.4 is 4.74 Å². The summed E-state index contributed by atoms with van der Waals surface area (Å²) in [6.07, 6.45) is 7.02. The molecule has 4 nitrogen and oxygen atoms in total. The van der Waals surface area contributed by atoms with E-state index in [1.54, 1.807) is 6.07 Å². The molecule has 1 saturated carbocycles. The molecule has 0 bridgehead atoms. The van der Waals surface area contributed by atoms with Crippen LogP contribution in [0.4, 0.5) is 0 Å². The number of aliphatic carboxylic acids is 1. The average Bonchev–Trinajstić information content (AvgIpc) is 2.80. The molecule has 1 N–H and O–H groups in total. The second-order valence-electron chi connectivity index (χ2n) is 9.03. The second kappa shape index (κ2) is 8.70. The highest BCUT2D eigenvalue weighted by Gasteiger charge is 2.59. The van der Waals surface area contributed by atoms with Gasteiger partial charge in [0, 0.05) is 17.2 Å². The van der Waals surface area contributed by atoms with Gasteiger partial charge in [-0.3, -0.25) is 9.59 Å². The Hall–Kier alpha value is -3.66. The molecule has 0 aliphatic heterocycles. The van der Waals surface area contributed by atoms with E-state index in [-0.39, 0.29) is 5.97 Å². The van der Waals surface area contributed by atoms with Gasteiger partial charge in [0.15, 0.2) is 0 Å². The monoisotopic (exact) mass is 438 g/mol. The number of carboxylic acid groups (broad SMARTS) is 1. The molecule has 3 aromatic carbocycles. The molecule has 4 heteroatoms. The fraction of sp³-hybridized carbons (Fsp3) is 0.241. The van der Waals surface area contributed by atoms with E-state index in [1.807, 2.05) is 72.8 Å². The third-order valence-electron chi connectivity index (χ3n) is 6.98. The molecule has 0 saturated heterocycles. The number of esters is 1. The van der Waals surface area contributed by atoms with Crippen LogP contribution in [0.2, 0.25) is 0 Å². The van der Waals surface area contributed by atoms with Gasteiger partial charge in [0.05, 0.1) is 11.8 Å². The molecule has 0 spiro atoms. The smallest absolute Gasteiger partial charge is 0.315 e. The first-order valence-corrected chi connectivity index (χ1v) is 11.4. The molecule has 0 amide bonds. The standard InChI is InChI=1S/C29H26O4/c1-18-14-16-21(17-15-18)25-26(28(30)31)24(20-9-3-2-4-10-20)27(25)29(32)33-23-13-7-11-19-8-5-6-12-22(19)23/h2-14,16-18,24-27H,15H2,1H3,(H,30,31)/t18?,24-,25-,26+,27+/m0/s1. The topological polar surface area (TPSA) is 63.6 Å². The Bertz CT molecular complexity index is 1250. The molecule has 3 aromatic rings. The van der Waals surface area contributed by atoms with Gasteiger partial charge in [0.1, 0.15) is 5.75 Å². The van der Waals surface area contributed by atoms with Gasteiger partial charge in [-0.2, -0.15) is 0 Å². The van der Waals surface area contributed by atoms with Crippen molar-refractivity contribution in [2.24, 2.45) is 23.7 Å². The van der Waals surface area contributed by atoms with Crippen LogP contribution in [0.3, 0.4) is 0 Å². The lowest BCUT2D eigenvalue weighted by Gasteiger charge is -2.49. The van der Waals surface area contributed by atoms with Crippen LogP contribution in [0.25, 0.3) is 10.8 Å². The number of carbonyl (C=O) groups is 2. The maximum absolute atomic E-state index is 13.6. The SMILES string of the molecule is CC1C=CC([C@H]2[C@H](C(=O)O)[C@H](c3ccccc3)[C@H]2C(=O)Oc2cccc3ccccc23)=CC1. The summed E-state index contributed by atoms with van der Waals surface area (Å²) in [6, 6.07) is 22.9. The van der Waals surface area contributed by atoms with Crippen molar-refractivity contribution in [3.05, 3.63) is 102 Å². The second-order valence-corrected chi connectivity index (χ2v) is 9.03. The van der Waals surface area contributed by atoms with Gasteiger partial charge in [-0.25, -0.2) is 0 Å². The van der Waals surface area contributed by atoms with Crippen molar-refractivity contribution in [3.8, 4) is 5.75 Å². The van der Waals surface area contributed by atoms with Gasteiger partial charge in [0.25, 0.3) is 0 Å². The Morgan fingerprint density at radius 2 is 1.61 bits per heavy atom. The Balaban J connectivity index is 1.53. The molecule has 1 unspecified atom stereocenters. The lowest BCUT2D eigenvalue weighted by molar-refractivity contribution is -0.161. The van der Waals surface area contributed by atoms with Crippen molar-refractivity contribution in [2.75, 3.05) is 0 Å². The van der Waals surface area contributed by atoms with Crippen LogP contribution in [-0.2, 0) is 9.59 Å². The molecule has 0 heterocycles. The molecule has 0 aromatic heterocycles. The molecular weight excluding hydrogens is 412 g/mol. The van der Waals surface area contributed by atoms with Gasteiger partial charge < -0.3 is 9.84 Å². The van der Waals surface area contributed by atoms with Gasteiger partial charge >= 0.3 is 11.9 Å². The fourth-order valence-corrected chi connectivity index (χ4v) is 5.31. The lowest BCUT2D eigenvalue weighted by atomic mass is 9.52. The Kier molecular flexibility index (Phi) is 5.59. The number of rotatable bonds is 5. The maximum Gasteiger partial charge on any atom is 0.315 e. The summed E-state index contributed by atoms with van der Waals surface area (Å²) in [4.78, 5) is 26.0. The first-order chi connectivity index (χ1) is 16.0. The van der Waals surface area contributed by atoms with E-state index < -0.39 is 29.6 Å². The van der Waals surface area contributed by atoms with Crippen molar-refractivity contribution in [1.82, 2.24) is 0 Å². The van der Waals surface area contributed by atoms with Gasteiger partial charge in [-0.15, -0.1) is 0 Å². The summed E-state index contributed by atoms with van der Waals surface area (Å²) in [5, 5.41) is 12.0. The molecule has 1 fully saturated rings. The maximum atomic E-state index is 13.6. The molecule has 33 heavy (non-hydrogen) atoms. The average molecular weight is 439 g/mol. The van der Waals surface area contributed by atoms with E-state index in [4.69, 9.17) is 4.74 Å². The highest BCUT2D eigenvalue weighted by Crippen LogP contribution is 2.56. The number of carbonyl (C=O) groups excluding carboxylic acids is 1. The quantitative estimate of drug-likeness (QED) is 0.392. The van der Waals surface area contributed by atoms with Crippen molar-refractivity contribution in [3.63, 3.8) is 0 Å². The first kappa shape index (κ1) is 21.2. The third-order valence-corrected chi connectivity index (χ3v) is 6.98. The van der Waals surface area contributed by atoms with E-state index in [2.05, 4.69) is 19.1 Å². The Morgan fingerprint density at radius 1 is 0.879 bits per heavy atom. The van der Waals surface area contributed by atoms with Crippen LogP contribution in [-0.4, -0.2) is 17.0 Å². The zero-order valence-corrected chi connectivity index (χ0v) is 18.4. The minimum absolute atomic E-state index is 0.379. The molecular formula is C29H26O4. The number of hydrogen-bond acceptors (Lipinski definition) is 3. The predicted octanol–water partition coefficient (Wildman–Crippen LogP) is 6.00. The van der Waals surface area contributed by atoms with E-state index >= 15 is 0 Å². The lowest BCUT2D eigenvalue weighted by Crippen LogP contribution is -2.54. The summed E-state index contributed by atoms with van der Waals surface area (Å²) in [6.45, 7) is 2.12. The van der Waals surface area contributed by atoms with Gasteiger partial charge in [-0.1, -0.05) is 91.9 Å². The molecule has 2 aliphatic rings. The number of fused-ring (bicyclic) bond motifs is 1. The number of hydrogen-bond donors (Lipinski definition) is 1. The van der Waals surface area contributed by atoms with Gasteiger partial charge in [-0.05, 0) is 34.9 Å². The molecule has 166 valence electrons. The summed E-state index contributed by atoms with van der Waals surface area (Å²) < 4.78 is 5.97. The number of allylic oxidation sites excluding steroid dienone is 4. The van der Waals surface area contributed by atoms with E-state index in [0.717, 1.165) is 28.3 Å². The summed E-state index contributed by atoms with van der Waals surface area (Å²) in [5.41, 5.74) is 1.78. The molecule has 0 radical (unpaired) electrons. The number of carboxylic acids is 1. The zero-order valence-electron chi connectivity index (χ0n) is 18.4.